The third-order valence-corrected chi connectivity index (χ3v) is 3.84. The lowest BCUT2D eigenvalue weighted by Gasteiger charge is -2.28. The van der Waals surface area contributed by atoms with Crippen molar-refractivity contribution in [3.8, 4) is 0 Å². The van der Waals surface area contributed by atoms with Crippen molar-refractivity contribution in [2.75, 3.05) is 52.5 Å². The molecule has 0 aromatic rings. The van der Waals surface area contributed by atoms with E-state index >= 15 is 0 Å². The first-order valence-electron chi connectivity index (χ1n) is 6.42. The number of carboxylic acid groups (broad SMARTS) is 1. The van der Waals surface area contributed by atoms with E-state index in [1.165, 1.54) is 0 Å². The molecular weight excluding hydrogens is 220 g/mol. The van der Waals surface area contributed by atoms with Gasteiger partial charge >= 0.3 is 5.97 Å². The average molecular weight is 242 g/mol. The molecule has 17 heavy (non-hydrogen) atoms. The zero-order valence-corrected chi connectivity index (χ0v) is 10.5. The van der Waals surface area contributed by atoms with Crippen LogP contribution in [-0.2, 0) is 9.53 Å². The maximum absolute atomic E-state index is 11.0. The molecule has 2 aliphatic heterocycles. The molecule has 0 aromatic carbocycles. The quantitative estimate of drug-likeness (QED) is 0.750. The summed E-state index contributed by atoms with van der Waals surface area (Å²) in [7, 11) is 0. The minimum atomic E-state index is -0.647. The first kappa shape index (κ1) is 12.8. The maximum Gasteiger partial charge on any atom is 0.308 e. The fourth-order valence-electron chi connectivity index (χ4n) is 2.68. The van der Waals surface area contributed by atoms with Crippen molar-refractivity contribution in [2.24, 2.45) is 11.8 Å². The van der Waals surface area contributed by atoms with Gasteiger partial charge in [0.05, 0.1) is 19.1 Å². The van der Waals surface area contributed by atoms with Crippen LogP contribution in [-0.4, -0.2) is 73.4 Å². The van der Waals surface area contributed by atoms with Gasteiger partial charge in [0.15, 0.2) is 0 Å². The molecule has 0 saturated carbocycles. The smallest absolute Gasteiger partial charge is 0.308 e. The van der Waals surface area contributed by atoms with Gasteiger partial charge in [-0.15, -0.1) is 0 Å². The molecule has 2 atom stereocenters. The molecule has 98 valence electrons. The summed E-state index contributed by atoms with van der Waals surface area (Å²) >= 11 is 0. The standard InChI is InChI=1S/C12H22N2O3/c1-10-8-14(9-11(10)12(15)16)3-2-13-4-6-17-7-5-13/h10-11H,2-9H2,1H3,(H,15,16). The second-order valence-corrected chi connectivity index (χ2v) is 5.14. The molecule has 2 saturated heterocycles. The van der Waals surface area contributed by atoms with E-state index in [0.717, 1.165) is 45.9 Å². The zero-order valence-electron chi connectivity index (χ0n) is 10.5. The van der Waals surface area contributed by atoms with Crippen LogP contribution >= 0.6 is 0 Å². The topological polar surface area (TPSA) is 53.0 Å². The first-order chi connectivity index (χ1) is 8.16. The van der Waals surface area contributed by atoms with Crippen LogP contribution in [0.4, 0.5) is 0 Å². The number of carboxylic acids is 1. The van der Waals surface area contributed by atoms with Crippen LogP contribution in [0.3, 0.4) is 0 Å². The predicted octanol–water partition coefficient (Wildman–Crippen LogP) is -0.0289. The number of ether oxygens (including phenoxy) is 1. The van der Waals surface area contributed by atoms with E-state index in [9.17, 15) is 4.79 Å². The van der Waals surface area contributed by atoms with Crippen molar-refractivity contribution in [3.05, 3.63) is 0 Å². The Kier molecular flexibility index (Phi) is 4.36. The van der Waals surface area contributed by atoms with Crippen LogP contribution in [0.2, 0.25) is 0 Å². The Labute approximate surface area is 102 Å². The van der Waals surface area contributed by atoms with Crippen LogP contribution in [0.25, 0.3) is 0 Å². The van der Waals surface area contributed by atoms with Crippen molar-refractivity contribution >= 4 is 5.97 Å². The van der Waals surface area contributed by atoms with Gasteiger partial charge in [0.2, 0.25) is 0 Å². The summed E-state index contributed by atoms with van der Waals surface area (Å²) in [4.78, 5) is 15.7. The maximum atomic E-state index is 11.0. The molecule has 5 nitrogen and oxygen atoms in total. The highest BCUT2D eigenvalue weighted by Crippen LogP contribution is 2.22. The fourth-order valence-corrected chi connectivity index (χ4v) is 2.68. The Balaban J connectivity index is 1.71. The molecular formula is C12H22N2O3. The molecule has 2 unspecified atom stereocenters. The minimum absolute atomic E-state index is 0.181. The van der Waals surface area contributed by atoms with Crippen molar-refractivity contribution < 1.29 is 14.6 Å². The van der Waals surface area contributed by atoms with E-state index in [1.807, 2.05) is 6.92 Å². The number of likely N-dealkylation sites (tertiary alicyclic amines) is 1. The Hall–Kier alpha value is -0.650. The highest BCUT2D eigenvalue weighted by molar-refractivity contribution is 5.71. The Morgan fingerprint density at radius 1 is 1.24 bits per heavy atom. The SMILES string of the molecule is CC1CN(CCN2CCOCC2)CC1C(=O)O. The molecule has 0 aromatic heterocycles. The zero-order chi connectivity index (χ0) is 12.3. The van der Waals surface area contributed by atoms with Gasteiger partial charge in [-0.2, -0.15) is 0 Å². The molecule has 0 radical (unpaired) electrons. The minimum Gasteiger partial charge on any atom is -0.481 e. The van der Waals surface area contributed by atoms with Crippen LogP contribution in [0.1, 0.15) is 6.92 Å². The first-order valence-corrected chi connectivity index (χ1v) is 6.42. The van der Waals surface area contributed by atoms with Gasteiger partial charge in [-0.3, -0.25) is 9.69 Å². The predicted molar refractivity (Wildman–Crippen MR) is 64.0 cm³/mol. The summed E-state index contributed by atoms with van der Waals surface area (Å²) in [5.74, 6) is -0.553. The largest absolute Gasteiger partial charge is 0.481 e. The molecule has 0 aliphatic carbocycles. The van der Waals surface area contributed by atoms with Crippen LogP contribution in [0, 0.1) is 11.8 Å². The van der Waals surface area contributed by atoms with Gasteiger partial charge in [-0.05, 0) is 5.92 Å². The van der Waals surface area contributed by atoms with Crippen LogP contribution in [0.15, 0.2) is 0 Å². The average Bonchev–Trinajstić information content (AvgIpc) is 2.69. The van der Waals surface area contributed by atoms with Gasteiger partial charge in [0.25, 0.3) is 0 Å². The number of rotatable bonds is 4. The molecule has 1 N–H and O–H groups in total. The number of hydrogen-bond acceptors (Lipinski definition) is 4. The number of carbonyl (C=O) groups is 1. The van der Waals surface area contributed by atoms with Gasteiger partial charge in [0, 0.05) is 39.3 Å². The molecule has 2 fully saturated rings. The summed E-state index contributed by atoms with van der Waals surface area (Å²) in [6, 6.07) is 0. The van der Waals surface area contributed by atoms with Gasteiger partial charge in [0.1, 0.15) is 0 Å². The third kappa shape index (κ3) is 3.40. The van der Waals surface area contributed by atoms with E-state index < -0.39 is 5.97 Å². The number of morpholine rings is 1. The molecule has 2 heterocycles. The Morgan fingerprint density at radius 3 is 2.47 bits per heavy atom. The number of nitrogens with zero attached hydrogens (tertiary/aromatic N) is 2. The summed E-state index contributed by atoms with van der Waals surface area (Å²) < 4.78 is 5.30. The van der Waals surface area contributed by atoms with E-state index in [1.54, 1.807) is 0 Å². The van der Waals surface area contributed by atoms with Crippen molar-refractivity contribution in [3.63, 3.8) is 0 Å². The lowest BCUT2D eigenvalue weighted by Crippen LogP contribution is -2.41. The number of hydrogen-bond donors (Lipinski definition) is 1. The molecule has 5 heteroatoms. The molecule has 2 aliphatic rings. The van der Waals surface area contributed by atoms with E-state index in [4.69, 9.17) is 9.84 Å². The Bertz CT molecular complexity index is 266. The van der Waals surface area contributed by atoms with Crippen molar-refractivity contribution in [1.82, 2.24) is 9.80 Å². The van der Waals surface area contributed by atoms with Gasteiger partial charge in [-0.1, -0.05) is 6.92 Å². The summed E-state index contributed by atoms with van der Waals surface area (Å²) in [6.07, 6.45) is 0. The molecule has 0 spiro atoms. The summed E-state index contributed by atoms with van der Waals surface area (Å²) in [6.45, 7) is 9.34. The molecule has 0 bridgehead atoms. The normalized spacial score (nSPS) is 31.8. The Morgan fingerprint density at radius 2 is 1.88 bits per heavy atom. The fraction of sp³-hybridized carbons (Fsp3) is 0.917. The molecule has 0 amide bonds. The summed E-state index contributed by atoms with van der Waals surface area (Å²) in [5, 5.41) is 9.06. The monoisotopic (exact) mass is 242 g/mol. The van der Waals surface area contributed by atoms with Crippen molar-refractivity contribution in [1.29, 1.82) is 0 Å². The lowest BCUT2D eigenvalue weighted by molar-refractivity contribution is -0.142. The van der Waals surface area contributed by atoms with E-state index in [2.05, 4.69) is 9.80 Å². The summed E-state index contributed by atoms with van der Waals surface area (Å²) in [5.41, 5.74) is 0. The van der Waals surface area contributed by atoms with Gasteiger partial charge < -0.3 is 14.7 Å². The third-order valence-electron chi connectivity index (χ3n) is 3.84. The van der Waals surface area contributed by atoms with E-state index in [-0.39, 0.29) is 11.8 Å². The van der Waals surface area contributed by atoms with E-state index in [0.29, 0.717) is 6.54 Å². The van der Waals surface area contributed by atoms with Crippen LogP contribution in [0.5, 0.6) is 0 Å². The second-order valence-electron chi connectivity index (χ2n) is 5.14. The lowest BCUT2D eigenvalue weighted by atomic mass is 9.99. The van der Waals surface area contributed by atoms with Gasteiger partial charge in [-0.25, -0.2) is 0 Å². The highest BCUT2D eigenvalue weighted by Gasteiger charge is 2.34. The number of aliphatic carboxylic acids is 1. The van der Waals surface area contributed by atoms with Crippen LogP contribution < -0.4 is 0 Å². The highest BCUT2D eigenvalue weighted by atomic mass is 16.5. The van der Waals surface area contributed by atoms with Crippen molar-refractivity contribution in [2.45, 2.75) is 6.92 Å². The second kappa shape index (κ2) is 5.80. The molecule has 2 rings (SSSR count).